The van der Waals surface area contributed by atoms with Gasteiger partial charge in [0.05, 0.1) is 17.2 Å². The largest absolute Gasteiger partial charge is 0.334 e. The van der Waals surface area contributed by atoms with Crippen molar-refractivity contribution in [3.63, 3.8) is 0 Å². The summed E-state index contributed by atoms with van der Waals surface area (Å²) in [6.45, 7) is 1.79. The summed E-state index contributed by atoms with van der Waals surface area (Å²) in [6.07, 6.45) is 1.67. The number of benzene rings is 1. The number of anilines is 2. The molecule has 0 saturated heterocycles. The maximum Gasteiger partial charge on any atom is 0.264 e. The van der Waals surface area contributed by atoms with Gasteiger partial charge in [0.15, 0.2) is 0 Å². The summed E-state index contributed by atoms with van der Waals surface area (Å²) >= 11 is 1.09. The van der Waals surface area contributed by atoms with E-state index >= 15 is 0 Å². The number of hydrazone groups is 1. The van der Waals surface area contributed by atoms with Crippen LogP contribution in [0, 0.1) is 5.82 Å². The molecule has 9 nitrogen and oxygen atoms in total. The third-order valence-electron chi connectivity index (χ3n) is 3.46. The van der Waals surface area contributed by atoms with Gasteiger partial charge < -0.3 is 11.2 Å². The highest BCUT2D eigenvalue weighted by atomic mass is 32.2. The van der Waals surface area contributed by atoms with Crippen molar-refractivity contribution in [3.05, 3.63) is 60.2 Å². The number of amides is 1. The number of hydrogen-bond donors (Lipinski definition) is 3. The number of halogens is 1. The van der Waals surface area contributed by atoms with Gasteiger partial charge in [0.2, 0.25) is 11.1 Å². The Hall–Kier alpha value is -3.47. The highest BCUT2D eigenvalue weighted by Crippen LogP contribution is 2.17. The van der Waals surface area contributed by atoms with Crippen molar-refractivity contribution in [2.45, 2.75) is 12.1 Å². The molecule has 0 fully saturated rings. The molecule has 0 aliphatic rings. The highest BCUT2D eigenvalue weighted by molar-refractivity contribution is 7.99. The minimum absolute atomic E-state index is 0.0298. The fourth-order valence-electron chi connectivity index (χ4n) is 2.11. The molecule has 1 amide bonds. The molecule has 2 heterocycles. The van der Waals surface area contributed by atoms with Crippen molar-refractivity contribution in [2.75, 3.05) is 22.3 Å². The van der Waals surface area contributed by atoms with Crippen LogP contribution in [0.2, 0.25) is 0 Å². The normalized spacial score (nSPS) is 11.3. The SMILES string of the molecule is C/C(=N\Nc1nnc(SCC(=O)Nc2cccc(F)c2)n1N)c1ccccn1. The van der Waals surface area contributed by atoms with Gasteiger partial charge in [-0.2, -0.15) is 5.10 Å². The van der Waals surface area contributed by atoms with Gasteiger partial charge in [-0.15, -0.1) is 10.2 Å². The van der Waals surface area contributed by atoms with Crippen molar-refractivity contribution >= 4 is 35.0 Å². The Morgan fingerprint density at radius 1 is 1.29 bits per heavy atom. The van der Waals surface area contributed by atoms with Crippen molar-refractivity contribution in [3.8, 4) is 0 Å². The van der Waals surface area contributed by atoms with Gasteiger partial charge in [-0.1, -0.05) is 23.9 Å². The quantitative estimate of drug-likeness (QED) is 0.240. The lowest BCUT2D eigenvalue weighted by Crippen LogP contribution is -2.17. The van der Waals surface area contributed by atoms with E-state index in [0.29, 0.717) is 22.2 Å². The van der Waals surface area contributed by atoms with Gasteiger partial charge in [0.1, 0.15) is 5.82 Å². The maximum atomic E-state index is 13.1. The molecule has 2 aromatic heterocycles. The zero-order valence-corrected chi connectivity index (χ0v) is 15.7. The lowest BCUT2D eigenvalue weighted by atomic mass is 10.3. The van der Waals surface area contributed by atoms with Crippen molar-refractivity contribution < 1.29 is 9.18 Å². The number of nitrogen functional groups attached to an aromatic ring is 1. The van der Waals surface area contributed by atoms with E-state index < -0.39 is 5.82 Å². The predicted octanol–water partition coefficient (Wildman–Crippen LogP) is 2.09. The minimum Gasteiger partial charge on any atom is -0.334 e. The molecule has 0 bridgehead atoms. The van der Waals surface area contributed by atoms with Gasteiger partial charge in [0, 0.05) is 11.9 Å². The summed E-state index contributed by atoms with van der Waals surface area (Å²) in [4.78, 5) is 16.2. The average Bonchev–Trinajstić information content (AvgIpc) is 3.05. The highest BCUT2D eigenvalue weighted by Gasteiger charge is 2.12. The molecule has 3 aromatic rings. The summed E-state index contributed by atoms with van der Waals surface area (Å²) < 4.78 is 14.3. The molecule has 28 heavy (non-hydrogen) atoms. The van der Waals surface area contributed by atoms with E-state index in [1.54, 1.807) is 19.2 Å². The van der Waals surface area contributed by atoms with Crippen LogP contribution in [-0.2, 0) is 4.79 Å². The molecule has 0 unspecified atom stereocenters. The van der Waals surface area contributed by atoms with E-state index in [2.05, 4.69) is 31.0 Å². The third-order valence-corrected chi connectivity index (χ3v) is 4.41. The first-order valence-electron chi connectivity index (χ1n) is 8.13. The standard InChI is InChI=1S/C17H17FN8OS/c1-11(14-7-2-3-8-20-14)22-23-16-24-25-17(26(16)19)28-10-15(27)21-13-6-4-5-12(18)9-13/h2-9H,10,19H2,1H3,(H,21,27)(H,23,24)/b22-11+. The van der Waals surface area contributed by atoms with Crippen LogP contribution in [0.3, 0.4) is 0 Å². The Labute approximate surface area is 164 Å². The molecule has 144 valence electrons. The molecule has 0 saturated carbocycles. The van der Waals surface area contributed by atoms with Crippen molar-refractivity contribution in [1.29, 1.82) is 0 Å². The fourth-order valence-corrected chi connectivity index (χ4v) is 2.77. The molecule has 3 rings (SSSR count). The van der Waals surface area contributed by atoms with Crippen LogP contribution < -0.4 is 16.6 Å². The van der Waals surface area contributed by atoms with Gasteiger partial charge in [-0.25, -0.2) is 14.5 Å². The molecule has 11 heteroatoms. The number of thioether (sulfide) groups is 1. The number of nitrogens with two attached hydrogens (primary N) is 1. The Kier molecular flexibility index (Phi) is 6.17. The monoisotopic (exact) mass is 400 g/mol. The van der Waals surface area contributed by atoms with E-state index in [0.717, 1.165) is 11.8 Å². The van der Waals surface area contributed by atoms with Gasteiger partial charge >= 0.3 is 0 Å². The van der Waals surface area contributed by atoms with Gasteiger partial charge in [0.25, 0.3) is 5.95 Å². The number of nitrogens with zero attached hydrogens (tertiary/aromatic N) is 5. The number of nitrogens with one attached hydrogen (secondary N) is 2. The molecule has 1 aromatic carbocycles. The molecular formula is C17H17FN8OS. The molecular weight excluding hydrogens is 383 g/mol. The predicted molar refractivity (Wildman–Crippen MR) is 106 cm³/mol. The van der Waals surface area contributed by atoms with Crippen LogP contribution in [0.5, 0.6) is 0 Å². The third kappa shape index (κ3) is 5.04. The minimum atomic E-state index is -0.426. The summed E-state index contributed by atoms with van der Waals surface area (Å²) in [5.41, 5.74) is 4.45. The first-order valence-corrected chi connectivity index (χ1v) is 9.12. The first-order chi connectivity index (χ1) is 13.5. The summed E-state index contributed by atoms with van der Waals surface area (Å²) in [5.74, 6) is 5.42. The lowest BCUT2D eigenvalue weighted by molar-refractivity contribution is -0.113. The van der Waals surface area contributed by atoms with Crippen LogP contribution in [0.15, 0.2) is 58.9 Å². The second kappa shape index (κ2) is 8.95. The summed E-state index contributed by atoms with van der Waals surface area (Å²) in [5, 5.41) is 14.9. The summed E-state index contributed by atoms with van der Waals surface area (Å²) in [7, 11) is 0. The Bertz CT molecular complexity index is 992. The van der Waals surface area contributed by atoms with Crippen LogP contribution in [0.1, 0.15) is 12.6 Å². The smallest absolute Gasteiger partial charge is 0.264 e. The molecule has 4 N–H and O–H groups in total. The Morgan fingerprint density at radius 3 is 2.89 bits per heavy atom. The second-order valence-electron chi connectivity index (χ2n) is 5.55. The van der Waals surface area contributed by atoms with Gasteiger partial charge in [-0.05, 0) is 37.3 Å². The van der Waals surface area contributed by atoms with Crippen LogP contribution in [0.25, 0.3) is 0 Å². The van der Waals surface area contributed by atoms with Crippen LogP contribution >= 0.6 is 11.8 Å². The zero-order chi connectivity index (χ0) is 19.9. The topological polar surface area (TPSA) is 123 Å². The molecule has 0 aliphatic heterocycles. The van der Waals surface area contributed by atoms with E-state index in [-0.39, 0.29) is 17.6 Å². The molecule has 0 aliphatic carbocycles. The van der Waals surface area contributed by atoms with Crippen LogP contribution in [0.4, 0.5) is 16.0 Å². The average molecular weight is 400 g/mol. The fraction of sp³-hybridized carbons (Fsp3) is 0.118. The van der Waals surface area contributed by atoms with E-state index in [1.165, 1.54) is 22.9 Å². The Morgan fingerprint density at radius 2 is 2.14 bits per heavy atom. The first kappa shape index (κ1) is 19.3. The number of aromatic nitrogens is 4. The van der Waals surface area contributed by atoms with E-state index in [1.807, 2.05) is 18.2 Å². The number of carbonyl (C=O) groups is 1. The molecule has 0 radical (unpaired) electrons. The van der Waals surface area contributed by atoms with Crippen LogP contribution in [-0.4, -0.2) is 37.2 Å². The number of pyridine rings is 1. The van der Waals surface area contributed by atoms with Crippen molar-refractivity contribution in [2.24, 2.45) is 5.10 Å². The lowest BCUT2D eigenvalue weighted by Gasteiger charge is -2.05. The number of carbonyl (C=O) groups excluding carboxylic acids is 1. The second-order valence-corrected chi connectivity index (χ2v) is 6.49. The van der Waals surface area contributed by atoms with Crippen molar-refractivity contribution in [1.82, 2.24) is 19.9 Å². The summed E-state index contributed by atoms with van der Waals surface area (Å²) in [6, 6.07) is 11.1. The number of rotatable bonds is 7. The molecule has 0 spiro atoms. The Balaban J connectivity index is 1.56. The zero-order valence-electron chi connectivity index (χ0n) is 14.8. The number of hydrogen-bond acceptors (Lipinski definition) is 8. The van der Waals surface area contributed by atoms with Gasteiger partial charge in [-0.3, -0.25) is 9.78 Å². The van der Waals surface area contributed by atoms with E-state index in [9.17, 15) is 9.18 Å². The van der Waals surface area contributed by atoms with E-state index in [4.69, 9.17) is 5.84 Å². The maximum absolute atomic E-state index is 13.1. The molecule has 0 atom stereocenters.